The van der Waals surface area contributed by atoms with E-state index in [0.717, 1.165) is 50.0 Å². The summed E-state index contributed by atoms with van der Waals surface area (Å²) in [7, 11) is 0. The smallest absolute Gasteiger partial charge is 0.253 e. The lowest BCUT2D eigenvalue weighted by Crippen LogP contribution is -2.54. The number of rotatable bonds is 3. The van der Waals surface area contributed by atoms with Crippen LogP contribution < -0.4 is 5.32 Å². The fraction of sp³-hybridized carbons (Fsp3) is 0.714. The van der Waals surface area contributed by atoms with Crippen LogP contribution in [0, 0.1) is 6.92 Å². The van der Waals surface area contributed by atoms with Gasteiger partial charge in [-0.3, -0.25) is 9.69 Å². The molecule has 1 aromatic heterocycles. The zero-order chi connectivity index (χ0) is 14.7. The number of piperazine rings is 1. The first-order chi connectivity index (χ1) is 10.2. The maximum absolute atomic E-state index is 12.4. The maximum atomic E-state index is 12.4. The lowest BCUT2D eigenvalue weighted by molar-refractivity contribution is -0.147. The maximum Gasteiger partial charge on any atom is 0.253 e. The number of amides is 1. The molecule has 0 saturated carbocycles. The monoisotopic (exact) mass is 418 g/mol. The van der Waals surface area contributed by atoms with Gasteiger partial charge in [-0.05, 0) is 6.92 Å². The van der Waals surface area contributed by atoms with E-state index in [1.54, 1.807) is 11.3 Å². The second-order valence-electron chi connectivity index (χ2n) is 5.52. The Balaban J connectivity index is 0.00000176. The second-order valence-corrected chi connectivity index (χ2v) is 6.59. The minimum absolute atomic E-state index is 0. The van der Waals surface area contributed by atoms with Crippen molar-refractivity contribution in [1.82, 2.24) is 20.1 Å². The van der Waals surface area contributed by atoms with Crippen molar-refractivity contribution in [1.29, 1.82) is 0 Å². The first-order valence-electron chi connectivity index (χ1n) is 7.47. The summed E-state index contributed by atoms with van der Waals surface area (Å²) in [5.74, 6) is 0.131. The predicted octanol–water partition coefficient (Wildman–Crippen LogP) is 1.35. The Labute approximate surface area is 165 Å². The lowest BCUT2D eigenvalue weighted by Gasteiger charge is -2.36. The van der Waals surface area contributed by atoms with Gasteiger partial charge in [0.15, 0.2) is 0 Å². The Morgan fingerprint density at radius 1 is 1.33 bits per heavy atom. The number of morpholine rings is 1. The molecule has 1 N–H and O–H groups in total. The fourth-order valence-electron chi connectivity index (χ4n) is 2.76. The zero-order valence-electron chi connectivity index (χ0n) is 13.6. The molecule has 2 aliphatic heterocycles. The van der Waals surface area contributed by atoms with Crippen LogP contribution in [0.1, 0.15) is 10.7 Å². The average molecular weight is 420 g/mol. The minimum atomic E-state index is -0.300. The highest BCUT2D eigenvalue weighted by atomic mass is 35.5. The number of aryl methyl sites for hydroxylation is 1. The summed E-state index contributed by atoms with van der Waals surface area (Å²) in [5.41, 5.74) is 1.14. The molecule has 10 heteroatoms. The molecule has 1 unspecified atom stereocenters. The van der Waals surface area contributed by atoms with Crippen molar-refractivity contribution in [3.63, 3.8) is 0 Å². The molecule has 2 fully saturated rings. The van der Waals surface area contributed by atoms with E-state index in [1.165, 1.54) is 0 Å². The van der Waals surface area contributed by atoms with Gasteiger partial charge in [0.05, 0.1) is 17.3 Å². The van der Waals surface area contributed by atoms with E-state index >= 15 is 0 Å². The number of nitrogens with one attached hydrogen (secondary N) is 1. The van der Waals surface area contributed by atoms with Crippen LogP contribution in [0.25, 0.3) is 0 Å². The van der Waals surface area contributed by atoms with Gasteiger partial charge in [-0.1, -0.05) is 0 Å². The SMILES string of the molecule is Cc1nc(CN2CCN(C(=O)C3CNCCO3)CC2)cs1.Cl.Cl.Cl. The van der Waals surface area contributed by atoms with E-state index in [-0.39, 0.29) is 49.2 Å². The Morgan fingerprint density at radius 2 is 2.04 bits per heavy atom. The number of hydrogen-bond acceptors (Lipinski definition) is 6. The quantitative estimate of drug-likeness (QED) is 0.801. The van der Waals surface area contributed by atoms with Crippen LogP contribution in [-0.2, 0) is 16.1 Å². The highest BCUT2D eigenvalue weighted by Crippen LogP contribution is 2.13. The molecule has 0 bridgehead atoms. The van der Waals surface area contributed by atoms with E-state index in [2.05, 4.69) is 20.6 Å². The van der Waals surface area contributed by atoms with Gasteiger partial charge in [-0.15, -0.1) is 48.6 Å². The van der Waals surface area contributed by atoms with E-state index in [0.29, 0.717) is 13.2 Å². The second kappa shape index (κ2) is 11.5. The van der Waals surface area contributed by atoms with Crippen molar-refractivity contribution in [2.24, 2.45) is 0 Å². The number of carbonyl (C=O) groups excluding carboxylic acids is 1. The van der Waals surface area contributed by atoms with E-state index < -0.39 is 0 Å². The summed E-state index contributed by atoms with van der Waals surface area (Å²) < 4.78 is 5.54. The number of nitrogens with zero attached hydrogens (tertiary/aromatic N) is 3. The topological polar surface area (TPSA) is 57.7 Å². The molecule has 1 atom stereocenters. The number of hydrogen-bond donors (Lipinski definition) is 1. The molecule has 3 rings (SSSR count). The molecule has 1 amide bonds. The number of carbonyl (C=O) groups is 1. The first-order valence-corrected chi connectivity index (χ1v) is 8.35. The fourth-order valence-corrected chi connectivity index (χ4v) is 3.37. The summed E-state index contributed by atoms with van der Waals surface area (Å²) in [6, 6.07) is 0. The van der Waals surface area contributed by atoms with Crippen molar-refractivity contribution in [3.05, 3.63) is 16.1 Å². The van der Waals surface area contributed by atoms with Crippen molar-refractivity contribution < 1.29 is 9.53 Å². The minimum Gasteiger partial charge on any atom is -0.366 e. The van der Waals surface area contributed by atoms with Gasteiger partial charge in [0.1, 0.15) is 6.10 Å². The van der Waals surface area contributed by atoms with Crippen LogP contribution in [0.3, 0.4) is 0 Å². The largest absolute Gasteiger partial charge is 0.366 e. The molecule has 24 heavy (non-hydrogen) atoms. The molecule has 1 aromatic rings. The molecule has 0 spiro atoms. The third kappa shape index (κ3) is 6.29. The zero-order valence-corrected chi connectivity index (χ0v) is 16.9. The van der Waals surface area contributed by atoms with Crippen LogP contribution in [0.15, 0.2) is 5.38 Å². The normalized spacial score (nSPS) is 21.2. The van der Waals surface area contributed by atoms with Gasteiger partial charge in [0.2, 0.25) is 0 Å². The third-order valence-corrected chi connectivity index (χ3v) is 4.76. The summed E-state index contributed by atoms with van der Waals surface area (Å²) >= 11 is 1.69. The van der Waals surface area contributed by atoms with Crippen molar-refractivity contribution in [2.45, 2.75) is 19.6 Å². The van der Waals surface area contributed by atoms with Gasteiger partial charge in [0.25, 0.3) is 5.91 Å². The molecule has 2 saturated heterocycles. The number of thiazole rings is 1. The van der Waals surface area contributed by atoms with Gasteiger partial charge < -0.3 is 15.0 Å². The number of halogens is 3. The number of ether oxygens (including phenoxy) is 1. The molecule has 2 aliphatic rings. The molecule has 0 aliphatic carbocycles. The third-order valence-electron chi connectivity index (χ3n) is 3.94. The first kappa shape index (κ1) is 23.9. The van der Waals surface area contributed by atoms with Crippen molar-refractivity contribution in [3.8, 4) is 0 Å². The Hall–Kier alpha value is -0.150. The molecular weight excluding hydrogens is 395 g/mol. The Kier molecular flexibility index (Phi) is 11.4. The average Bonchev–Trinajstić information content (AvgIpc) is 2.93. The Morgan fingerprint density at radius 3 is 2.58 bits per heavy atom. The van der Waals surface area contributed by atoms with E-state index in [1.807, 2.05) is 11.8 Å². The Bertz CT molecular complexity index is 492. The van der Waals surface area contributed by atoms with Gasteiger partial charge in [-0.25, -0.2) is 4.98 Å². The molecule has 140 valence electrons. The van der Waals surface area contributed by atoms with Crippen molar-refractivity contribution in [2.75, 3.05) is 45.9 Å². The van der Waals surface area contributed by atoms with E-state index in [4.69, 9.17) is 4.74 Å². The molecule has 3 heterocycles. The summed E-state index contributed by atoms with van der Waals surface area (Å²) in [5, 5.41) is 6.44. The van der Waals surface area contributed by atoms with E-state index in [9.17, 15) is 4.79 Å². The van der Waals surface area contributed by atoms with Crippen LogP contribution in [0.4, 0.5) is 0 Å². The molecule has 0 aromatic carbocycles. The molecule has 0 radical (unpaired) electrons. The molecular formula is C14H25Cl3N4O2S. The van der Waals surface area contributed by atoms with Crippen molar-refractivity contribution >= 4 is 54.5 Å². The molecule has 6 nitrogen and oxygen atoms in total. The highest BCUT2D eigenvalue weighted by Gasteiger charge is 2.29. The van der Waals surface area contributed by atoms with Gasteiger partial charge in [-0.2, -0.15) is 0 Å². The summed E-state index contributed by atoms with van der Waals surface area (Å²) in [4.78, 5) is 21.1. The van der Waals surface area contributed by atoms with Crippen LogP contribution in [-0.4, -0.2) is 72.7 Å². The standard InChI is InChI=1S/C14H22N4O2S.3ClH/c1-11-16-12(10-21-11)9-17-3-5-18(6-4-17)14(19)13-8-15-2-7-20-13;;;/h10,13,15H,2-9H2,1H3;3*1H. The predicted molar refractivity (Wildman–Crippen MR) is 103 cm³/mol. The number of aromatic nitrogens is 1. The highest BCUT2D eigenvalue weighted by molar-refractivity contribution is 7.09. The van der Waals surface area contributed by atoms with Crippen LogP contribution in [0.5, 0.6) is 0 Å². The summed E-state index contributed by atoms with van der Waals surface area (Å²) in [6.45, 7) is 8.38. The van der Waals surface area contributed by atoms with Crippen LogP contribution in [0.2, 0.25) is 0 Å². The van der Waals surface area contributed by atoms with Gasteiger partial charge >= 0.3 is 0 Å². The van der Waals surface area contributed by atoms with Crippen LogP contribution >= 0.6 is 48.6 Å². The summed E-state index contributed by atoms with van der Waals surface area (Å²) in [6.07, 6.45) is -0.300. The lowest BCUT2D eigenvalue weighted by atomic mass is 10.2. The van der Waals surface area contributed by atoms with Gasteiger partial charge in [0, 0.05) is 51.2 Å².